The van der Waals surface area contributed by atoms with Crippen molar-refractivity contribution in [2.45, 2.75) is 47.0 Å². The second kappa shape index (κ2) is 12.4. The van der Waals surface area contributed by atoms with Crippen LogP contribution in [-0.4, -0.2) is 21.2 Å². The Morgan fingerprint density at radius 3 is 2.20 bits per heavy atom. The molecule has 0 unspecified atom stereocenters. The Morgan fingerprint density at radius 2 is 1.38 bits per heavy atom. The quantitative estimate of drug-likeness (QED) is 0.176. The molecule has 9 aromatic rings. The Kier molecular flexibility index (Phi) is 7.55. The van der Waals surface area contributed by atoms with Crippen LogP contribution in [0.25, 0.3) is 47.8 Å². The minimum Gasteiger partial charge on any atom is -0.457 e. The molecule has 6 nitrogen and oxygen atoms in total. The van der Waals surface area contributed by atoms with Crippen molar-refractivity contribution in [3.05, 3.63) is 150 Å². The maximum Gasteiger partial charge on any atom is 0.158 e. The summed E-state index contributed by atoms with van der Waals surface area (Å²) in [5.41, 5.74) is 10.6. The fourth-order valence-electron chi connectivity index (χ4n) is 8.56. The number of hydrogen-bond donors (Lipinski definition) is 0. The lowest BCUT2D eigenvalue weighted by Crippen LogP contribution is -2.25. The molecule has 55 heavy (non-hydrogen) atoms. The molecule has 0 spiro atoms. The lowest BCUT2D eigenvalue weighted by atomic mass is 9.88. The molecule has 4 aromatic heterocycles. The van der Waals surface area contributed by atoms with Crippen molar-refractivity contribution in [1.82, 2.24) is 14.5 Å². The van der Waals surface area contributed by atoms with E-state index in [1.165, 1.54) is 53.5 Å². The van der Waals surface area contributed by atoms with E-state index in [0.717, 1.165) is 50.9 Å². The predicted octanol–water partition coefficient (Wildman–Crippen LogP) is 13.2. The first-order valence-corrected chi connectivity index (χ1v) is 19.7. The van der Waals surface area contributed by atoms with E-state index in [2.05, 4.69) is 165 Å². The summed E-state index contributed by atoms with van der Waals surface area (Å²) in [6.45, 7) is 13.9. The standard InChI is InChI=1S/C48H41N5OS/c1-29-22-30(2)46(31(3)23-29)51-28-52(47-39(51)15-11-20-50-47)41-26-34(27-43-45(41)37-13-8-10-16-42(37)55-43)54-33-17-18-36-35-12-7-9-14-38(35)53(40(36)25-33)44-24-32(19-21-49-44)48(4,5)6/h7-27H,28H2,1-6H3. The van der Waals surface area contributed by atoms with Crippen LogP contribution in [0.4, 0.5) is 22.9 Å². The van der Waals surface area contributed by atoms with Crippen molar-refractivity contribution in [3.63, 3.8) is 0 Å². The van der Waals surface area contributed by atoms with E-state index >= 15 is 0 Å². The number of ether oxygens (including phenoxy) is 1. The number of aromatic nitrogens is 3. The first-order chi connectivity index (χ1) is 26.6. The molecule has 7 heteroatoms. The van der Waals surface area contributed by atoms with E-state index in [-0.39, 0.29) is 5.41 Å². The highest BCUT2D eigenvalue weighted by Gasteiger charge is 2.33. The lowest BCUT2D eigenvalue weighted by Gasteiger charge is -2.26. The summed E-state index contributed by atoms with van der Waals surface area (Å²) >= 11 is 1.80. The summed E-state index contributed by atoms with van der Waals surface area (Å²) in [7, 11) is 0. The van der Waals surface area contributed by atoms with E-state index in [9.17, 15) is 0 Å². The van der Waals surface area contributed by atoms with E-state index in [4.69, 9.17) is 14.7 Å². The molecule has 0 N–H and O–H groups in total. The fraction of sp³-hybridized carbons (Fsp3) is 0.167. The van der Waals surface area contributed by atoms with E-state index in [0.29, 0.717) is 6.67 Å². The van der Waals surface area contributed by atoms with E-state index < -0.39 is 0 Å². The Morgan fingerprint density at radius 1 is 0.618 bits per heavy atom. The smallest absolute Gasteiger partial charge is 0.158 e. The van der Waals surface area contributed by atoms with Crippen LogP contribution in [0.15, 0.2) is 128 Å². The zero-order chi connectivity index (χ0) is 37.6. The van der Waals surface area contributed by atoms with Crippen molar-refractivity contribution < 1.29 is 4.74 Å². The molecule has 0 saturated carbocycles. The fourth-order valence-corrected chi connectivity index (χ4v) is 9.71. The van der Waals surface area contributed by atoms with Gasteiger partial charge in [0.1, 0.15) is 24.0 Å². The van der Waals surface area contributed by atoms with E-state index in [1.807, 2.05) is 18.5 Å². The summed E-state index contributed by atoms with van der Waals surface area (Å²) in [4.78, 5) is 14.7. The maximum absolute atomic E-state index is 6.92. The molecular weight excluding hydrogens is 695 g/mol. The first kappa shape index (κ1) is 33.4. The second-order valence-corrected chi connectivity index (χ2v) is 16.9. The number of nitrogens with zero attached hydrogens (tertiary/aromatic N) is 5. The first-order valence-electron chi connectivity index (χ1n) is 18.8. The van der Waals surface area contributed by atoms with Crippen LogP contribution in [0, 0.1) is 20.8 Å². The average Bonchev–Trinajstić information content (AvgIpc) is 3.84. The van der Waals surface area contributed by atoms with Gasteiger partial charge in [-0.15, -0.1) is 11.3 Å². The van der Waals surface area contributed by atoms with Gasteiger partial charge in [-0.2, -0.15) is 0 Å². The van der Waals surface area contributed by atoms with Crippen molar-refractivity contribution in [3.8, 4) is 17.3 Å². The largest absolute Gasteiger partial charge is 0.457 e. The number of benzene rings is 5. The molecule has 0 aliphatic carbocycles. The third-order valence-electron chi connectivity index (χ3n) is 10.9. The third-order valence-corrected chi connectivity index (χ3v) is 12.1. The minimum absolute atomic E-state index is 0.00608. The van der Waals surface area contributed by atoms with Crippen LogP contribution in [0.5, 0.6) is 11.5 Å². The third kappa shape index (κ3) is 5.44. The van der Waals surface area contributed by atoms with Crippen LogP contribution in [0.2, 0.25) is 0 Å². The number of pyridine rings is 2. The van der Waals surface area contributed by atoms with Gasteiger partial charge in [0.15, 0.2) is 5.82 Å². The molecule has 1 aliphatic heterocycles. The van der Waals surface area contributed by atoms with Gasteiger partial charge in [-0.3, -0.25) is 4.57 Å². The van der Waals surface area contributed by atoms with E-state index in [1.54, 1.807) is 11.3 Å². The Labute approximate surface area is 324 Å². The number of thiophene rings is 1. The number of hydrogen-bond acceptors (Lipinski definition) is 6. The average molecular weight is 736 g/mol. The maximum atomic E-state index is 6.92. The number of rotatable bonds is 5. The Hall–Kier alpha value is -6.18. The lowest BCUT2D eigenvalue weighted by molar-refractivity contribution is 0.484. The van der Waals surface area contributed by atoms with Gasteiger partial charge in [-0.25, -0.2) is 9.97 Å². The molecule has 0 amide bonds. The van der Waals surface area contributed by atoms with Crippen molar-refractivity contribution in [2.24, 2.45) is 0 Å². The monoisotopic (exact) mass is 735 g/mol. The summed E-state index contributed by atoms with van der Waals surface area (Å²) < 4.78 is 11.6. The van der Waals surface area contributed by atoms with Crippen LogP contribution in [0.1, 0.15) is 43.0 Å². The van der Waals surface area contributed by atoms with Crippen LogP contribution >= 0.6 is 11.3 Å². The van der Waals surface area contributed by atoms with Gasteiger partial charge >= 0.3 is 0 Å². The van der Waals surface area contributed by atoms with Gasteiger partial charge in [-0.1, -0.05) is 74.9 Å². The van der Waals surface area contributed by atoms with Crippen molar-refractivity contribution in [2.75, 3.05) is 16.5 Å². The van der Waals surface area contributed by atoms with Gasteiger partial charge < -0.3 is 14.5 Å². The molecule has 10 rings (SSSR count). The molecule has 0 atom stereocenters. The van der Waals surface area contributed by atoms with Gasteiger partial charge in [0.25, 0.3) is 0 Å². The molecule has 0 radical (unpaired) electrons. The van der Waals surface area contributed by atoms with Crippen LogP contribution in [-0.2, 0) is 5.41 Å². The summed E-state index contributed by atoms with van der Waals surface area (Å²) in [6, 6.07) is 41.2. The zero-order valence-electron chi connectivity index (χ0n) is 31.9. The van der Waals surface area contributed by atoms with Crippen LogP contribution < -0.4 is 14.5 Å². The highest BCUT2D eigenvalue weighted by molar-refractivity contribution is 7.26. The summed E-state index contributed by atoms with van der Waals surface area (Å²) in [6.07, 6.45) is 3.82. The number of fused-ring (bicyclic) bond motifs is 7. The molecule has 0 fully saturated rings. The highest BCUT2D eigenvalue weighted by Crippen LogP contribution is 2.50. The number of anilines is 4. The van der Waals surface area contributed by atoms with Crippen molar-refractivity contribution in [1.29, 1.82) is 0 Å². The molecule has 5 aromatic carbocycles. The second-order valence-electron chi connectivity index (χ2n) is 15.8. The summed E-state index contributed by atoms with van der Waals surface area (Å²) in [5.74, 6) is 3.38. The number of aryl methyl sites for hydroxylation is 3. The van der Waals surface area contributed by atoms with Gasteiger partial charge in [0.2, 0.25) is 0 Å². The molecular formula is C48H41N5OS. The molecule has 0 bridgehead atoms. The SMILES string of the molecule is Cc1cc(C)c(N2CN(c3cc(Oc4ccc5c6ccccc6n(-c6cc(C(C)(C)C)ccn6)c5c4)cc4sc5ccccc5c34)c3ncccc32)c(C)c1. The van der Waals surface area contributed by atoms with Gasteiger partial charge in [0, 0.05) is 61.2 Å². The Bertz CT molecular complexity index is 2960. The zero-order valence-corrected chi connectivity index (χ0v) is 32.7. The van der Waals surface area contributed by atoms with Gasteiger partial charge in [0.05, 0.1) is 22.4 Å². The predicted molar refractivity (Wildman–Crippen MR) is 231 cm³/mol. The highest BCUT2D eigenvalue weighted by atomic mass is 32.1. The minimum atomic E-state index is -0.00608. The topological polar surface area (TPSA) is 46.4 Å². The van der Waals surface area contributed by atoms with Gasteiger partial charge in [-0.05, 0) is 97.5 Å². The number of para-hydroxylation sites is 1. The molecule has 270 valence electrons. The Balaban J connectivity index is 1.13. The van der Waals surface area contributed by atoms with Crippen LogP contribution in [0.3, 0.4) is 0 Å². The molecule has 5 heterocycles. The molecule has 0 saturated heterocycles. The summed E-state index contributed by atoms with van der Waals surface area (Å²) in [5, 5.41) is 4.79. The molecule has 1 aliphatic rings. The van der Waals surface area contributed by atoms with Crippen molar-refractivity contribution >= 4 is 76.2 Å². The normalized spacial score (nSPS) is 13.1.